The lowest BCUT2D eigenvalue weighted by Gasteiger charge is -2.16. The molecule has 0 spiro atoms. The van der Waals surface area contributed by atoms with Gasteiger partial charge in [-0.1, -0.05) is 6.07 Å². The highest BCUT2D eigenvalue weighted by Gasteiger charge is 2.19. The molecular formula is C12H18BrFN2. The molecule has 0 aromatic heterocycles. The van der Waals surface area contributed by atoms with E-state index in [1.54, 1.807) is 19.9 Å². The van der Waals surface area contributed by atoms with Crippen molar-refractivity contribution in [2.45, 2.75) is 25.9 Å². The van der Waals surface area contributed by atoms with Crippen LogP contribution in [0.25, 0.3) is 0 Å². The zero-order valence-electron chi connectivity index (χ0n) is 9.69. The van der Waals surface area contributed by atoms with Gasteiger partial charge in [-0.2, -0.15) is 0 Å². The second kappa shape index (κ2) is 5.64. The summed E-state index contributed by atoms with van der Waals surface area (Å²) in [5, 5.41) is 3.24. The second-order valence-electron chi connectivity index (χ2n) is 4.24. The Morgan fingerprint density at radius 2 is 2.12 bits per heavy atom. The van der Waals surface area contributed by atoms with Crippen LogP contribution >= 0.6 is 15.9 Å². The first-order valence-corrected chi connectivity index (χ1v) is 6.17. The van der Waals surface area contributed by atoms with Crippen LogP contribution < -0.4 is 11.1 Å². The average Bonchev–Trinajstić information content (AvgIpc) is 2.19. The molecule has 4 heteroatoms. The van der Waals surface area contributed by atoms with Crippen LogP contribution in [-0.4, -0.2) is 13.1 Å². The minimum atomic E-state index is -1.31. The molecule has 0 aliphatic rings. The lowest BCUT2D eigenvalue weighted by Crippen LogP contribution is -2.11. The molecule has 0 aliphatic carbocycles. The van der Waals surface area contributed by atoms with Gasteiger partial charge in [0.25, 0.3) is 0 Å². The van der Waals surface area contributed by atoms with Gasteiger partial charge in [0.2, 0.25) is 0 Å². The van der Waals surface area contributed by atoms with Crippen molar-refractivity contribution in [1.82, 2.24) is 0 Å². The molecule has 0 saturated heterocycles. The average molecular weight is 289 g/mol. The minimum absolute atomic E-state index is 0.667. The van der Waals surface area contributed by atoms with Gasteiger partial charge < -0.3 is 11.1 Å². The Bertz CT molecular complexity index is 347. The molecule has 3 N–H and O–H groups in total. The number of anilines is 1. The Labute approximate surface area is 105 Å². The van der Waals surface area contributed by atoms with Crippen molar-refractivity contribution in [2.75, 3.05) is 18.4 Å². The summed E-state index contributed by atoms with van der Waals surface area (Å²) < 4.78 is 14.6. The van der Waals surface area contributed by atoms with E-state index in [1.807, 2.05) is 12.1 Å². The van der Waals surface area contributed by atoms with Gasteiger partial charge in [-0.3, -0.25) is 0 Å². The highest BCUT2D eigenvalue weighted by atomic mass is 79.9. The van der Waals surface area contributed by atoms with Gasteiger partial charge in [0, 0.05) is 16.7 Å². The summed E-state index contributed by atoms with van der Waals surface area (Å²) in [6.07, 6.45) is 0.919. The Morgan fingerprint density at radius 1 is 1.44 bits per heavy atom. The normalized spacial score (nSPS) is 11.6. The number of benzene rings is 1. The molecule has 0 radical (unpaired) electrons. The van der Waals surface area contributed by atoms with E-state index in [4.69, 9.17) is 5.73 Å². The van der Waals surface area contributed by atoms with Crippen molar-refractivity contribution in [2.24, 2.45) is 5.73 Å². The Hall–Kier alpha value is -0.610. The summed E-state index contributed by atoms with van der Waals surface area (Å²) in [6, 6.07) is 5.50. The third kappa shape index (κ3) is 3.76. The number of nitrogens with one attached hydrogen (secondary N) is 1. The Balaban J connectivity index is 2.76. The maximum absolute atomic E-state index is 13.7. The molecule has 0 amide bonds. The Morgan fingerprint density at radius 3 is 2.62 bits per heavy atom. The zero-order chi connectivity index (χ0) is 12.2. The maximum atomic E-state index is 13.7. The molecule has 0 atom stereocenters. The summed E-state index contributed by atoms with van der Waals surface area (Å²) >= 11 is 3.43. The second-order valence-corrected chi connectivity index (χ2v) is 5.09. The fraction of sp³-hybridized carbons (Fsp3) is 0.500. The van der Waals surface area contributed by atoms with Crippen molar-refractivity contribution < 1.29 is 4.39 Å². The number of hydrogen-bond donors (Lipinski definition) is 2. The summed E-state index contributed by atoms with van der Waals surface area (Å²) in [5.41, 5.74) is 5.75. The van der Waals surface area contributed by atoms with Crippen LogP contribution in [0.15, 0.2) is 22.7 Å². The molecule has 2 nitrogen and oxygen atoms in total. The number of alkyl halides is 1. The highest BCUT2D eigenvalue weighted by molar-refractivity contribution is 9.10. The fourth-order valence-electron chi connectivity index (χ4n) is 1.35. The van der Waals surface area contributed by atoms with E-state index in [0.29, 0.717) is 12.1 Å². The summed E-state index contributed by atoms with van der Waals surface area (Å²) in [4.78, 5) is 0. The summed E-state index contributed by atoms with van der Waals surface area (Å²) in [5.74, 6) is 0. The molecular weight excluding hydrogens is 271 g/mol. The van der Waals surface area contributed by atoms with E-state index in [-0.39, 0.29) is 0 Å². The van der Waals surface area contributed by atoms with Gasteiger partial charge >= 0.3 is 0 Å². The van der Waals surface area contributed by atoms with Crippen molar-refractivity contribution >= 4 is 21.6 Å². The molecule has 0 saturated carbocycles. The zero-order valence-corrected chi connectivity index (χ0v) is 11.3. The topological polar surface area (TPSA) is 38.0 Å². The van der Waals surface area contributed by atoms with Gasteiger partial charge in [-0.25, -0.2) is 4.39 Å². The van der Waals surface area contributed by atoms with Crippen molar-refractivity contribution in [3.05, 3.63) is 28.2 Å². The van der Waals surface area contributed by atoms with E-state index >= 15 is 0 Å². The van der Waals surface area contributed by atoms with Crippen LogP contribution in [0.2, 0.25) is 0 Å². The van der Waals surface area contributed by atoms with Crippen LogP contribution in [0.3, 0.4) is 0 Å². The molecule has 16 heavy (non-hydrogen) atoms. The molecule has 90 valence electrons. The molecule has 1 aromatic carbocycles. The van der Waals surface area contributed by atoms with Crippen LogP contribution in [0.1, 0.15) is 25.8 Å². The standard InChI is InChI=1S/C12H18BrFN2/c1-12(2,14)9-4-5-11(10(13)8-9)16-7-3-6-15/h4-5,8,16H,3,6-7,15H2,1-2H3. The highest BCUT2D eigenvalue weighted by Crippen LogP contribution is 2.31. The van der Waals surface area contributed by atoms with Crippen molar-refractivity contribution in [3.8, 4) is 0 Å². The van der Waals surface area contributed by atoms with Crippen LogP contribution in [0.4, 0.5) is 10.1 Å². The molecule has 1 rings (SSSR count). The van der Waals surface area contributed by atoms with E-state index < -0.39 is 5.67 Å². The summed E-state index contributed by atoms with van der Waals surface area (Å²) in [6.45, 7) is 4.60. The molecule has 1 aromatic rings. The van der Waals surface area contributed by atoms with Gasteiger partial charge in [0.1, 0.15) is 5.67 Å². The first-order valence-electron chi connectivity index (χ1n) is 5.38. The first-order chi connectivity index (χ1) is 7.45. The predicted octanol–water partition coefficient (Wildman–Crippen LogP) is 3.41. The maximum Gasteiger partial charge on any atom is 0.130 e. The van der Waals surface area contributed by atoms with E-state index in [0.717, 1.165) is 23.1 Å². The predicted molar refractivity (Wildman–Crippen MR) is 70.4 cm³/mol. The van der Waals surface area contributed by atoms with Crippen molar-refractivity contribution in [3.63, 3.8) is 0 Å². The van der Waals surface area contributed by atoms with Gasteiger partial charge in [-0.05, 0) is 60.4 Å². The third-order valence-corrected chi connectivity index (χ3v) is 3.01. The SMILES string of the molecule is CC(C)(F)c1ccc(NCCCN)c(Br)c1. The molecule has 0 aliphatic heterocycles. The van der Waals surface area contributed by atoms with Crippen LogP contribution in [-0.2, 0) is 5.67 Å². The number of hydrogen-bond acceptors (Lipinski definition) is 2. The number of rotatable bonds is 5. The fourth-order valence-corrected chi connectivity index (χ4v) is 1.87. The van der Waals surface area contributed by atoms with Gasteiger partial charge in [0.05, 0.1) is 0 Å². The molecule has 0 bridgehead atoms. The lowest BCUT2D eigenvalue weighted by molar-refractivity contribution is 0.221. The van der Waals surface area contributed by atoms with E-state index in [1.165, 1.54) is 0 Å². The third-order valence-electron chi connectivity index (χ3n) is 2.35. The van der Waals surface area contributed by atoms with Gasteiger partial charge in [-0.15, -0.1) is 0 Å². The Kier molecular flexibility index (Phi) is 4.74. The minimum Gasteiger partial charge on any atom is -0.384 e. The van der Waals surface area contributed by atoms with Crippen LogP contribution in [0.5, 0.6) is 0 Å². The molecule has 0 heterocycles. The van der Waals surface area contributed by atoms with Crippen LogP contribution in [0, 0.1) is 0 Å². The van der Waals surface area contributed by atoms with E-state index in [9.17, 15) is 4.39 Å². The smallest absolute Gasteiger partial charge is 0.130 e. The van der Waals surface area contributed by atoms with E-state index in [2.05, 4.69) is 21.2 Å². The summed E-state index contributed by atoms with van der Waals surface area (Å²) in [7, 11) is 0. The monoisotopic (exact) mass is 288 g/mol. The molecule has 0 unspecified atom stereocenters. The van der Waals surface area contributed by atoms with Gasteiger partial charge in [0.15, 0.2) is 0 Å². The van der Waals surface area contributed by atoms with Crippen molar-refractivity contribution in [1.29, 1.82) is 0 Å². The molecule has 0 fully saturated rings. The largest absolute Gasteiger partial charge is 0.384 e. The first kappa shape index (κ1) is 13.5. The number of nitrogens with two attached hydrogens (primary N) is 1. The number of halogens is 2. The lowest BCUT2D eigenvalue weighted by atomic mass is 10.0. The quantitative estimate of drug-likeness (QED) is 0.815.